The monoisotopic (exact) mass is 361 g/mol. The average molecular weight is 361 g/mol. The molecule has 3 N–H and O–H groups in total. The summed E-state index contributed by atoms with van der Waals surface area (Å²) in [5.41, 5.74) is 6.99. The molecule has 0 saturated heterocycles. The molecule has 1 aromatic rings. The first-order valence-electron chi connectivity index (χ1n) is 9.62. The topological polar surface area (TPSA) is 78.1 Å². The third-order valence-electron chi connectivity index (χ3n) is 5.26. The van der Waals surface area contributed by atoms with Gasteiger partial charge in [0.15, 0.2) is 17.5 Å². The number of benzene rings is 1. The molecule has 6 nitrogen and oxygen atoms in total. The molecule has 2 atom stereocenters. The fraction of sp³-hybridized carbons (Fsp3) is 0.650. The molecular formula is C20H31N3O3. The first kappa shape index (κ1) is 18.8. The van der Waals surface area contributed by atoms with E-state index < -0.39 is 0 Å². The molecule has 1 aromatic carbocycles. The van der Waals surface area contributed by atoms with Crippen molar-refractivity contribution in [3.8, 4) is 11.5 Å². The molecule has 0 radical (unpaired) electrons. The molecule has 6 heteroatoms. The van der Waals surface area contributed by atoms with E-state index in [0.717, 1.165) is 49.5 Å². The van der Waals surface area contributed by atoms with Crippen LogP contribution in [0.2, 0.25) is 0 Å². The van der Waals surface area contributed by atoms with E-state index in [-0.39, 0.29) is 17.6 Å². The van der Waals surface area contributed by atoms with Crippen molar-refractivity contribution < 1.29 is 14.2 Å². The number of ether oxygens (including phenoxy) is 3. The van der Waals surface area contributed by atoms with Crippen molar-refractivity contribution in [2.45, 2.75) is 58.6 Å². The number of hydrogen-bond acceptors (Lipinski definition) is 4. The zero-order chi connectivity index (χ0) is 18.6. The van der Waals surface area contributed by atoms with Gasteiger partial charge in [-0.1, -0.05) is 27.2 Å². The van der Waals surface area contributed by atoms with Gasteiger partial charge in [-0.05, 0) is 25.0 Å². The molecule has 2 aliphatic rings. The molecule has 0 amide bonds. The van der Waals surface area contributed by atoms with Crippen LogP contribution in [-0.4, -0.2) is 37.9 Å². The number of nitrogens with zero attached hydrogens (tertiary/aromatic N) is 1. The van der Waals surface area contributed by atoms with Crippen molar-refractivity contribution in [3.63, 3.8) is 0 Å². The van der Waals surface area contributed by atoms with Crippen LogP contribution in [0.25, 0.3) is 0 Å². The molecule has 3 rings (SSSR count). The molecule has 1 aliphatic carbocycles. The van der Waals surface area contributed by atoms with Crippen molar-refractivity contribution in [2.24, 2.45) is 16.1 Å². The minimum atomic E-state index is 0.00472. The number of fused-ring (bicyclic) bond motifs is 1. The summed E-state index contributed by atoms with van der Waals surface area (Å²) in [5.74, 6) is 1.94. The predicted molar refractivity (Wildman–Crippen MR) is 104 cm³/mol. The zero-order valence-electron chi connectivity index (χ0n) is 16.1. The van der Waals surface area contributed by atoms with Gasteiger partial charge in [0.2, 0.25) is 0 Å². The first-order valence-corrected chi connectivity index (χ1v) is 9.62. The summed E-state index contributed by atoms with van der Waals surface area (Å²) >= 11 is 0. The Morgan fingerprint density at radius 1 is 1.31 bits per heavy atom. The van der Waals surface area contributed by atoms with Gasteiger partial charge in [-0.25, -0.2) is 4.99 Å². The van der Waals surface area contributed by atoms with Gasteiger partial charge in [0.05, 0.1) is 25.4 Å². The smallest absolute Gasteiger partial charge is 0.193 e. The van der Waals surface area contributed by atoms with Gasteiger partial charge < -0.3 is 25.3 Å². The number of guanidine groups is 1. The summed E-state index contributed by atoms with van der Waals surface area (Å²) in [7, 11) is 0. The molecule has 2 unspecified atom stereocenters. The Balaban J connectivity index is 1.58. The van der Waals surface area contributed by atoms with Gasteiger partial charge in [0.1, 0.15) is 0 Å². The largest absolute Gasteiger partial charge is 0.490 e. The van der Waals surface area contributed by atoms with Crippen molar-refractivity contribution in [2.75, 3.05) is 25.1 Å². The van der Waals surface area contributed by atoms with Crippen molar-refractivity contribution in [3.05, 3.63) is 18.2 Å². The second kappa shape index (κ2) is 8.16. The van der Waals surface area contributed by atoms with Gasteiger partial charge in [0, 0.05) is 30.2 Å². The summed E-state index contributed by atoms with van der Waals surface area (Å²) in [6.07, 6.45) is 4.32. The molecule has 144 valence electrons. The molecule has 1 saturated carbocycles. The van der Waals surface area contributed by atoms with E-state index in [4.69, 9.17) is 19.9 Å². The SMILES string of the molecule is CCCCOC1CC(N=C(N)Nc2ccc3c(c2)OCCCO3)C1(C)C. The maximum atomic E-state index is 6.14. The third-order valence-corrected chi connectivity index (χ3v) is 5.26. The lowest BCUT2D eigenvalue weighted by atomic mass is 9.65. The number of anilines is 1. The van der Waals surface area contributed by atoms with Crippen molar-refractivity contribution in [1.29, 1.82) is 0 Å². The number of nitrogens with one attached hydrogen (secondary N) is 1. The molecule has 0 aromatic heterocycles. The highest BCUT2D eigenvalue weighted by atomic mass is 16.5. The molecule has 0 spiro atoms. The van der Waals surface area contributed by atoms with Gasteiger partial charge in [-0.15, -0.1) is 0 Å². The summed E-state index contributed by atoms with van der Waals surface area (Å²) in [5, 5.41) is 3.17. The molecule has 1 aliphatic heterocycles. The molecule has 1 fully saturated rings. The van der Waals surface area contributed by atoms with Crippen LogP contribution in [-0.2, 0) is 4.74 Å². The van der Waals surface area contributed by atoms with E-state index in [1.807, 2.05) is 18.2 Å². The highest BCUT2D eigenvalue weighted by molar-refractivity contribution is 5.92. The van der Waals surface area contributed by atoms with Crippen molar-refractivity contribution in [1.82, 2.24) is 0 Å². The van der Waals surface area contributed by atoms with Gasteiger partial charge >= 0.3 is 0 Å². The Bertz CT molecular complexity index is 645. The van der Waals surface area contributed by atoms with Crippen LogP contribution in [0.4, 0.5) is 5.69 Å². The lowest BCUT2D eigenvalue weighted by Crippen LogP contribution is -2.54. The zero-order valence-corrected chi connectivity index (χ0v) is 16.1. The van der Waals surface area contributed by atoms with Gasteiger partial charge in [-0.3, -0.25) is 0 Å². The van der Waals surface area contributed by atoms with Crippen LogP contribution in [0.1, 0.15) is 46.5 Å². The van der Waals surface area contributed by atoms with Gasteiger partial charge in [-0.2, -0.15) is 0 Å². The molecule has 0 bridgehead atoms. The lowest BCUT2D eigenvalue weighted by Gasteiger charge is -2.49. The van der Waals surface area contributed by atoms with Crippen LogP contribution in [0.15, 0.2) is 23.2 Å². The Morgan fingerprint density at radius 2 is 2.08 bits per heavy atom. The Kier molecular flexibility index (Phi) is 5.91. The number of aliphatic imine (C=N–C) groups is 1. The molecule has 26 heavy (non-hydrogen) atoms. The Hall–Kier alpha value is -1.95. The van der Waals surface area contributed by atoms with Crippen LogP contribution in [0, 0.1) is 5.41 Å². The second-order valence-corrected chi connectivity index (χ2v) is 7.64. The fourth-order valence-corrected chi connectivity index (χ4v) is 3.33. The number of nitrogens with two attached hydrogens (primary N) is 1. The highest BCUT2D eigenvalue weighted by Crippen LogP contribution is 2.45. The van der Waals surface area contributed by atoms with Crippen LogP contribution in [0.5, 0.6) is 11.5 Å². The number of unbranched alkanes of at least 4 members (excludes halogenated alkanes) is 1. The molecular weight excluding hydrogens is 330 g/mol. The van der Waals surface area contributed by atoms with Crippen LogP contribution >= 0.6 is 0 Å². The van der Waals surface area contributed by atoms with E-state index in [2.05, 4.69) is 31.1 Å². The summed E-state index contributed by atoms with van der Waals surface area (Å²) in [4.78, 5) is 4.67. The van der Waals surface area contributed by atoms with Gasteiger partial charge in [0.25, 0.3) is 0 Å². The van der Waals surface area contributed by atoms with E-state index >= 15 is 0 Å². The third kappa shape index (κ3) is 4.23. The first-order chi connectivity index (χ1) is 12.5. The number of hydrogen-bond donors (Lipinski definition) is 2. The Labute approximate surface area is 156 Å². The summed E-state index contributed by atoms with van der Waals surface area (Å²) < 4.78 is 17.3. The predicted octanol–water partition coefficient (Wildman–Crippen LogP) is 3.56. The highest BCUT2D eigenvalue weighted by Gasteiger charge is 2.49. The van der Waals surface area contributed by atoms with E-state index in [0.29, 0.717) is 19.2 Å². The normalized spacial score (nSPS) is 24.5. The maximum Gasteiger partial charge on any atom is 0.193 e. The van der Waals surface area contributed by atoms with Crippen molar-refractivity contribution >= 4 is 11.6 Å². The molecule has 1 heterocycles. The summed E-state index contributed by atoms with van der Waals surface area (Å²) in [6.45, 7) is 8.74. The quantitative estimate of drug-likeness (QED) is 0.460. The number of rotatable bonds is 6. The lowest BCUT2D eigenvalue weighted by molar-refractivity contribution is -0.107. The minimum absolute atomic E-state index is 0.00472. The Morgan fingerprint density at radius 3 is 2.81 bits per heavy atom. The standard InChI is InChI=1S/C20H31N3O3/c1-4-5-9-26-18-13-17(20(18,2)3)23-19(21)22-14-7-8-15-16(12-14)25-11-6-10-24-15/h7-8,12,17-18H,4-6,9-11,13H2,1-3H3,(H3,21,22,23). The maximum absolute atomic E-state index is 6.14. The van der Waals surface area contributed by atoms with E-state index in [1.165, 1.54) is 0 Å². The average Bonchev–Trinajstić information content (AvgIpc) is 2.85. The van der Waals surface area contributed by atoms with E-state index in [9.17, 15) is 0 Å². The minimum Gasteiger partial charge on any atom is -0.490 e. The summed E-state index contributed by atoms with van der Waals surface area (Å²) in [6, 6.07) is 5.91. The second-order valence-electron chi connectivity index (χ2n) is 7.64. The van der Waals surface area contributed by atoms with E-state index in [1.54, 1.807) is 0 Å². The van der Waals surface area contributed by atoms with Crippen LogP contribution < -0.4 is 20.5 Å². The fourth-order valence-electron chi connectivity index (χ4n) is 3.33. The van der Waals surface area contributed by atoms with Crippen LogP contribution in [0.3, 0.4) is 0 Å².